The van der Waals surface area contributed by atoms with Gasteiger partial charge in [0.25, 0.3) is 0 Å². The van der Waals surface area contributed by atoms with Gasteiger partial charge in [0.2, 0.25) is 0 Å². The van der Waals surface area contributed by atoms with E-state index in [2.05, 4.69) is 40.3 Å². The Morgan fingerprint density at radius 2 is 2.11 bits per heavy atom. The van der Waals surface area contributed by atoms with Crippen molar-refractivity contribution in [1.29, 1.82) is 0 Å². The Balaban J connectivity index is 1.81. The Morgan fingerprint density at radius 3 is 2.78 bits per heavy atom. The number of benzene rings is 1. The monoisotopic (exact) mass is 311 g/mol. The molecule has 0 spiro atoms. The van der Waals surface area contributed by atoms with Crippen LogP contribution in [0.2, 0.25) is 0 Å². The molecule has 18 heavy (non-hydrogen) atoms. The molecule has 1 aliphatic carbocycles. The minimum absolute atomic E-state index is 0.827. The zero-order valence-corrected chi connectivity index (χ0v) is 12.8. The molecule has 3 heteroatoms. The SMILES string of the molecule is COc1cc(C)c(Br)cc1CCCCNC1CC1. The van der Waals surface area contributed by atoms with Crippen molar-refractivity contribution in [3.8, 4) is 5.75 Å². The largest absolute Gasteiger partial charge is 0.496 e. The normalized spacial score (nSPS) is 14.8. The maximum absolute atomic E-state index is 5.45. The van der Waals surface area contributed by atoms with Gasteiger partial charge in [0.15, 0.2) is 0 Å². The lowest BCUT2D eigenvalue weighted by Crippen LogP contribution is -2.17. The molecule has 2 nitrogen and oxygen atoms in total. The van der Waals surface area contributed by atoms with E-state index in [4.69, 9.17) is 4.74 Å². The van der Waals surface area contributed by atoms with Crippen LogP contribution in [0.25, 0.3) is 0 Å². The molecule has 0 aliphatic heterocycles. The fourth-order valence-electron chi connectivity index (χ4n) is 2.12. The van der Waals surface area contributed by atoms with Crippen LogP contribution in [-0.4, -0.2) is 19.7 Å². The number of unbranched alkanes of at least 4 members (excludes halogenated alkanes) is 1. The van der Waals surface area contributed by atoms with Crippen LogP contribution >= 0.6 is 15.9 Å². The molecule has 0 atom stereocenters. The van der Waals surface area contributed by atoms with E-state index in [1.165, 1.54) is 41.3 Å². The zero-order valence-electron chi connectivity index (χ0n) is 11.3. The van der Waals surface area contributed by atoms with Crippen molar-refractivity contribution in [2.24, 2.45) is 0 Å². The fourth-order valence-corrected chi connectivity index (χ4v) is 2.51. The summed E-state index contributed by atoms with van der Waals surface area (Å²) in [6.45, 7) is 3.25. The van der Waals surface area contributed by atoms with Gasteiger partial charge < -0.3 is 10.1 Å². The molecule has 1 aromatic rings. The highest BCUT2D eigenvalue weighted by atomic mass is 79.9. The van der Waals surface area contributed by atoms with Crippen molar-refractivity contribution in [3.63, 3.8) is 0 Å². The third-order valence-electron chi connectivity index (χ3n) is 3.44. The third kappa shape index (κ3) is 3.99. The van der Waals surface area contributed by atoms with Crippen LogP contribution in [0.1, 0.15) is 36.8 Å². The van der Waals surface area contributed by atoms with Crippen molar-refractivity contribution < 1.29 is 4.74 Å². The molecule has 1 N–H and O–H groups in total. The second kappa shape index (κ2) is 6.58. The van der Waals surface area contributed by atoms with Gasteiger partial charge >= 0.3 is 0 Å². The predicted octanol–water partition coefficient (Wildman–Crippen LogP) is 3.84. The third-order valence-corrected chi connectivity index (χ3v) is 4.30. The van der Waals surface area contributed by atoms with Crippen LogP contribution in [-0.2, 0) is 6.42 Å². The summed E-state index contributed by atoms with van der Waals surface area (Å²) in [5.41, 5.74) is 2.53. The van der Waals surface area contributed by atoms with Crippen LogP contribution in [0.3, 0.4) is 0 Å². The predicted molar refractivity (Wildman–Crippen MR) is 79.4 cm³/mol. The number of aryl methyl sites for hydroxylation is 2. The van der Waals surface area contributed by atoms with Gasteiger partial charge in [0, 0.05) is 10.5 Å². The second-order valence-corrected chi connectivity index (χ2v) is 5.95. The summed E-state index contributed by atoms with van der Waals surface area (Å²) in [4.78, 5) is 0. The van der Waals surface area contributed by atoms with Crippen LogP contribution in [0.5, 0.6) is 5.75 Å². The average molecular weight is 312 g/mol. The molecule has 1 fully saturated rings. The van der Waals surface area contributed by atoms with Gasteiger partial charge in [-0.25, -0.2) is 0 Å². The zero-order chi connectivity index (χ0) is 13.0. The van der Waals surface area contributed by atoms with Gasteiger partial charge in [-0.05, 0) is 68.8 Å². The number of hydrogen-bond donors (Lipinski definition) is 1. The maximum Gasteiger partial charge on any atom is 0.122 e. The molecule has 0 heterocycles. The average Bonchev–Trinajstić information content (AvgIpc) is 3.16. The lowest BCUT2D eigenvalue weighted by Gasteiger charge is -2.11. The smallest absolute Gasteiger partial charge is 0.122 e. The highest BCUT2D eigenvalue weighted by Crippen LogP contribution is 2.28. The summed E-state index contributed by atoms with van der Waals surface area (Å²) < 4.78 is 6.63. The lowest BCUT2D eigenvalue weighted by atomic mass is 10.0. The quantitative estimate of drug-likeness (QED) is 0.772. The summed E-state index contributed by atoms with van der Waals surface area (Å²) in [5.74, 6) is 1.02. The van der Waals surface area contributed by atoms with Gasteiger partial charge in [0.05, 0.1) is 7.11 Å². The number of methoxy groups -OCH3 is 1. The topological polar surface area (TPSA) is 21.3 Å². The number of ether oxygens (including phenoxy) is 1. The molecule has 0 radical (unpaired) electrons. The van der Waals surface area contributed by atoms with Gasteiger partial charge in [-0.15, -0.1) is 0 Å². The molecule has 0 unspecified atom stereocenters. The Hall–Kier alpha value is -0.540. The Bertz CT molecular complexity index is 402. The molecular formula is C15H22BrNO. The molecule has 0 saturated heterocycles. The van der Waals surface area contributed by atoms with Gasteiger partial charge in [-0.1, -0.05) is 15.9 Å². The first-order valence-corrected chi connectivity index (χ1v) is 7.56. The van der Waals surface area contributed by atoms with Crippen LogP contribution in [0, 0.1) is 6.92 Å². The number of rotatable bonds is 7. The fraction of sp³-hybridized carbons (Fsp3) is 0.600. The molecule has 2 rings (SSSR count). The van der Waals surface area contributed by atoms with E-state index in [0.717, 1.165) is 24.8 Å². The highest BCUT2D eigenvalue weighted by Gasteiger charge is 2.19. The lowest BCUT2D eigenvalue weighted by molar-refractivity contribution is 0.408. The Labute approximate surface area is 118 Å². The molecule has 0 amide bonds. The van der Waals surface area contributed by atoms with Crippen molar-refractivity contribution in [2.45, 2.75) is 45.1 Å². The summed E-state index contributed by atoms with van der Waals surface area (Å²) in [7, 11) is 1.75. The summed E-state index contributed by atoms with van der Waals surface area (Å²) >= 11 is 3.59. The molecule has 1 aromatic carbocycles. The van der Waals surface area contributed by atoms with Crippen LogP contribution in [0.15, 0.2) is 16.6 Å². The van der Waals surface area contributed by atoms with Crippen molar-refractivity contribution in [1.82, 2.24) is 5.32 Å². The van der Waals surface area contributed by atoms with Crippen LogP contribution < -0.4 is 10.1 Å². The van der Waals surface area contributed by atoms with Crippen LogP contribution in [0.4, 0.5) is 0 Å². The van der Waals surface area contributed by atoms with Gasteiger partial charge in [-0.3, -0.25) is 0 Å². The minimum Gasteiger partial charge on any atom is -0.496 e. The number of nitrogens with one attached hydrogen (secondary N) is 1. The van der Waals surface area contributed by atoms with E-state index < -0.39 is 0 Å². The molecule has 1 aliphatic rings. The molecular weight excluding hydrogens is 290 g/mol. The molecule has 1 saturated carbocycles. The Morgan fingerprint density at radius 1 is 1.33 bits per heavy atom. The van der Waals surface area contributed by atoms with Crippen molar-refractivity contribution >= 4 is 15.9 Å². The van der Waals surface area contributed by atoms with Gasteiger partial charge in [0.1, 0.15) is 5.75 Å². The van der Waals surface area contributed by atoms with E-state index in [-0.39, 0.29) is 0 Å². The first kappa shape index (κ1) is 13.9. The summed E-state index contributed by atoms with van der Waals surface area (Å²) in [5, 5.41) is 3.55. The first-order valence-electron chi connectivity index (χ1n) is 6.77. The molecule has 0 bridgehead atoms. The summed E-state index contributed by atoms with van der Waals surface area (Å²) in [6, 6.07) is 5.14. The van der Waals surface area contributed by atoms with Crippen molar-refractivity contribution in [2.75, 3.05) is 13.7 Å². The molecule has 0 aromatic heterocycles. The van der Waals surface area contributed by atoms with E-state index in [1.54, 1.807) is 7.11 Å². The number of halogens is 1. The van der Waals surface area contributed by atoms with Gasteiger partial charge in [-0.2, -0.15) is 0 Å². The van der Waals surface area contributed by atoms with E-state index in [1.807, 2.05) is 0 Å². The van der Waals surface area contributed by atoms with E-state index in [9.17, 15) is 0 Å². The standard InChI is InChI=1S/C15H22BrNO/c1-11-9-15(18-2)12(10-14(11)16)5-3-4-8-17-13-6-7-13/h9-10,13,17H,3-8H2,1-2H3. The first-order chi connectivity index (χ1) is 8.70. The minimum atomic E-state index is 0.827. The Kier molecular flexibility index (Phi) is 5.07. The maximum atomic E-state index is 5.45. The number of hydrogen-bond acceptors (Lipinski definition) is 2. The molecule has 100 valence electrons. The summed E-state index contributed by atoms with van der Waals surface area (Å²) in [6.07, 6.45) is 6.29. The van der Waals surface area contributed by atoms with E-state index in [0.29, 0.717) is 0 Å². The highest BCUT2D eigenvalue weighted by molar-refractivity contribution is 9.10. The van der Waals surface area contributed by atoms with E-state index >= 15 is 0 Å². The van der Waals surface area contributed by atoms with Crippen molar-refractivity contribution in [3.05, 3.63) is 27.7 Å². The second-order valence-electron chi connectivity index (χ2n) is 5.10.